The van der Waals surface area contributed by atoms with Gasteiger partial charge in [-0.1, -0.05) is 50.2 Å². The average Bonchev–Trinajstić information content (AvgIpc) is 1.78. The first-order valence-electron chi connectivity index (χ1n) is 32.4. The van der Waals surface area contributed by atoms with Gasteiger partial charge in [-0.05, 0) is 162 Å². The molecule has 508 valence electrons. The number of hydrogen-bond acceptors (Lipinski definition) is 14. The first kappa shape index (κ1) is 70.6. The molecule has 3 amide bonds. The Morgan fingerprint density at radius 1 is 0.600 bits per heavy atom. The summed E-state index contributed by atoms with van der Waals surface area (Å²) in [5.41, 5.74) is 5.47. The highest BCUT2D eigenvalue weighted by Gasteiger charge is 2.34. The van der Waals surface area contributed by atoms with E-state index >= 15 is 0 Å². The van der Waals surface area contributed by atoms with E-state index in [2.05, 4.69) is 61.3 Å². The van der Waals surface area contributed by atoms with E-state index in [1.54, 1.807) is 60.9 Å². The van der Waals surface area contributed by atoms with Crippen molar-refractivity contribution in [1.29, 1.82) is 0 Å². The van der Waals surface area contributed by atoms with Crippen molar-refractivity contribution in [2.75, 3.05) is 55.2 Å². The summed E-state index contributed by atoms with van der Waals surface area (Å²) >= 11 is 0. The van der Waals surface area contributed by atoms with Gasteiger partial charge in [0.15, 0.2) is 11.6 Å². The van der Waals surface area contributed by atoms with E-state index in [9.17, 15) is 40.7 Å². The Labute approximate surface area is 549 Å². The fourth-order valence-corrected chi connectivity index (χ4v) is 12.4. The Morgan fingerprint density at radius 2 is 1.05 bits per heavy atom. The number of alkyl halides is 6. The molecular formula is C70H85F6N13O6. The number of rotatable bonds is 22. The first-order chi connectivity index (χ1) is 45.2. The minimum absolute atomic E-state index is 0.0619. The molecule has 25 heteroatoms. The maximum absolute atomic E-state index is 13.1. The Morgan fingerprint density at radius 3 is 1.47 bits per heavy atom. The molecule has 0 radical (unpaired) electrons. The zero-order valence-electron chi connectivity index (χ0n) is 55.3. The maximum atomic E-state index is 13.1. The van der Waals surface area contributed by atoms with E-state index in [0.717, 1.165) is 144 Å². The monoisotopic (exact) mass is 1320 g/mol. The van der Waals surface area contributed by atoms with Crippen LogP contribution in [0.15, 0.2) is 97.3 Å². The molecule has 0 spiro atoms. The third kappa shape index (κ3) is 19.3. The standard InChI is InChI=1S/C37H46F3N7O4.C33H39F3N6O2/c1-7-24-19-25(30-21-31(45-46(30)5)43-32(48)18-23-9-8-10-27(17-23)37(38,39)40)20-26-22-41-34(44-33(24)26)42-28-11-13-29(14-12-28)47(15-16-50-6)35(49)51-36(2,3)4;1-4-23-17-24(18-25-20-37-32(40-31(23)25)38-27-12-10-21(11-13-27)8-6-14-44-3)28-19-29(41-42(28)2)39-30(43)16-22-7-5-9-26(15-22)33(34,35)36/h8-10,17,19-22,28-29H,7,11-16,18H2,1-6H3,(H,41,42,44)(H,43,45,48);5,7,9,15,17-21,27H,4,6,8,10-14,16H2,1-3H3,(H,37,38,40)(H,39,41,43). The first-order valence-corrected chi connectivity index (χ1v) is 32.4. The third-order valence-corrected chi connectivity index (χ3v) is 17.2. The highest BCUT2D eigenvalue weighted by atomic mass is 19.4. The second-order valence-corrected chi connectivity index (χ2v) is 25.5. The van der Waals surface area contributed by atoms with Crippen LogP contribution in [0.3, 0.4) is 0 Å². The molecule has 2 aliphatic rings. The van der Waals surface area contributed by atoms with E-state index in [0.29, 0.717) is 49.1 Å². The number of carbonyl (C=O) groups is 3. The van der Waals surface area contributed by atoms with Crippen LogP contribution >= 0.6 is 0 Å². The molecule has 0 bridgehead atoms. The highest BCUT2D eigenvalue weighted by Crippen LogP contribution is 2.36. The molecule has 8 aromatic rings. The van der Waals surface area contributed by atoms with Crippen LogP contribution in [0.25, 0.3) is 44.3 Å². The van der Waals surface area contributed by atoms with Crippen molar-refractivity contribution in [3.63, 3.8) is 0 Å². The fraction of sp³-hybridized carbons (Fsp3) is 0.471. The largest absolute Gasteiger partial charge is 0.444 e. The average molecular weight is 1320 g/mol. The van der Waals surface area contributed by atoms with Crippen molar-refractivity contribution < 1.29 is 54.9 Å². The smallest absolute Gasteiger partial charge is 0.416 e. The van der Waals surface area contributed by atoms with Crippen molar-refractivity contribution in [2.45, 2.75) is 161 Å². The molecule has 2 fully saturated rings. The van der Waals surface area contributed by atoms with Crippen LogP contribution < -0.4 is 21.3 Å². The second-order valence-electron chi connectivity index (χ2n) is 25.5. The molecule has 2 saturated carbocycles. The van der Waals surface area contributed by atoms with Crippen LogP contribution in [0.2, 0.25) is 0 Å². The molecule has 0 aliphatic heterocycles. The number of anilines is 4. The fourth-order valence-electron chi connectivity index (χ4n) is 12.4. The van der Waals surface area contributed by atoms with Gasteiger partial charge in [-0.25, -0.2) is 24.7 Å². The minimum atomic E-state index is -4.49. The molecule has 0 saturated heterocycles. The predicted octanol–water partition coefficient (Wildman–Crippen LogP) is 14.6. The van der Waals surface area contributed by atoms with Crippen LogP contribution in [0.4, 0.5) is 54.7 Å². The Bertz CT molecular complexity index is 3940. The van der Waals surface area contributed by atoms with Gasteiger partial charge in [0.25, 0.3) is 0 Å². The Hall–Kier alpha value is -8.71. The van der Waals surface area contributed by atoms with Gasteiger partial charge in [0, 0.05) is 106 Å². The molecule has 4 N–H and O–H groups in total. The van der Waals surface area contributed by atoms with Gasteiger partial charge in [0.05, 0.1) is 53.0 Å². The van der Waals surface area contributed by atoms with Crippen molar-refractivity contribution in [2.24, 2.45) is 20.0 Å². The number of nitrogens with zero attached hydrogens (tertiary/aromatic N) is 9. The van der Waals surface area contributed by atoms with E-state index < -0.39 is 40.9 Å². The molecule has 19 nitrogen and oxygen atoms in total. The van der Waals surface area contributed by atoms with Crippen LogP contribution in [0.5, 0.6) is 0 Å². The van der Waals surface area contributed by atoms with Crippen molar-refractivity contribution >= 4 is 63.2 Å². The number of carbonyl (C=O) groups excluding carboxylic acids is 3. The van der Waals surface area contributed by atoms with Crippen LogP contribution in [0.1, 0.15) is 132 Å². The summed E-state index contributed by atoms with van der Waals surface area (Å²) in [4.78, 5) is 59.2. The lowest BCUT2D eigenvalue weighted by Gasteiger charge is -2.37. The van der Waals surface area contributed by atoms with Crippen molar-refractivity contribution in [3.8, 4) is 22.5 Å². The van der Waals surface area contributed by atoms with Gasteiger partial charge < -0.3 is 40.4 Å². The van der Waals surface area contributed by atoms with Gasteiger partial charge in [-0.2, -0.15) is 36.5 Å². The van der Waals surface area contributed by atoms with Gasteiger partial charge in [-0.3, -0.25) is 19.0 Å². The molecule has 4 aromatic carbocycles. The topological polar surface area (TPSA) is 217 Å². The quantitative estimate of drug-likeness (QED) is 0.0367. The number of aryl methyl sites for hydroxylation is 4. The predicted molar refractivity (Wildman–Crippen MR) is 355 cm³/mol. The molecule has 4 aromatic heterocycles. The number of ether oxygens (including phenoxy) is 3. The van der Waals surface area contributed by atoms with Crippen LogP contribution in [0, 0.1) is 5.92 Å². The number of fused-ring (bicyclic) bond motifs is 2. The number of methoxy groups -OCH3 is 2. The van der Waals surface area contributed by atoms with E-state index in [-0.39, 0.29) is 42.1 Å². The zero-order valence-corrected chi connectivity index (χ0v) is 55.3. The lowest BCUT2D eigenvalue weighted by molar-refractivity contribution is -0.138. The van der Waals surface area contributed by atoms with Gasteiger partial charge >= 0.3 is 18.4 Å². The maximum Gasteiger partial charge on any atom is 0.416 e. The summed E-state index contributed by atoms with van der Waals surface area (Å²) in [6.45, 7) is 11.5. The molecule has 2 aliphatic carbocycles. The second kappa shape index (κ2) is 31.2. The summed E-state index contributed by atoms with van der Waals surface area (Å²) in [6.07, 6.45) is 5.72. The number of nitrogens with one attached hydrogen (secondary N) is 4. The summed E-state index contributed by atoms with van der Waals surface area (Å²) in [5, 5.41) is 23.1. The number of benzene rings is 4. The summed E-state index contributed by atoms with van der Waals surface area (Å²) < 4.78 is 97.9. The van der Waals surface area contributed by atoms with Gasteiger partial charge in [0.1, 0.15) is 5.60 Å². The van der Waals surface area contributed by atoms with Gasteiger partial charge in [-0.15, -0.1) is 0 Å². The van der Waals surface area contributed by atoms with E-state index in [4.69, 9.17) is 24.2 Å². The van der Waals surface area contributed by atoms with Crippen LogP contribution in [-0.4, -0.2) is 120 Å². The minimum Gasteiger partial charge on any atom is -0.444 e. The number of hydrogen-bond donors (Lipinski definition) is 4. The van der Waals surface area contributed by atoms with Crippen molar-refractivity contribution in [1.82, 2.24) is 44.4 Å². The van der Waals surface area contributed by atoms with E-state index in [1.165, 1.54) is 43.5 Å². The molecule has 0 atom stereocenters. The number of aromatic nitrogens is 8. The molecule has 0 unspecified atom stereocenters. The Kier molecular flexibility index (Phi) is 23.2. The normalized spacial score (nSPS) is 16.8. The molecular weight excluding hydrogens is 1230 g/mol. The Balaban J connectivity index is 0.000000226. The SMILES string of the molecule is CCc1cc(-c2cc(NC(=O)Cc3cccc(C(F)(F)F)c3)nn2C)cc2cnc(NC3CCC(CCCOC)CC3)nc12.CCc1cc(-c2cc(NC(=O)Cc3cccc(C(F)(F)F)c3)nn2C)cc2cnc(NC3CCC(N(CCOC)C(=O)OC(C)(C)C)CC3)nc12. The molecule has 95 heavy (non-hydrogen) atoms. The lowest BCUT2D eigenvalue weighted by Crippen LogP contribution is -2.47. The molecule has 4 heterocycles. The van der Waals surface area contributed by atoms with E-state index in [1.807, 2.05) is 45.2 Å². The zero-order chi connectivity index (χ0) is 68.2. The van der Waals surface area contributed by atoms with Crippen molar-refractivity contribution in [3.05, 3.63) is 131 Å². The highest BCUT2D eigenvalue weighted by molar-refractivity contribution is 5.94. The summed E-state index contributed by atoms with van der Waals surface area (Å²) in [5.74, 6) is 1.65. The lowest BCUT2D eigenvalue weighted by atomic mass is 9.83. The molecule has 10 rings (SSSR count). The summed E-state index contributed by atoms with van der Waals surface area (Å²) in [7, 11) is 6.92. The van der Waals surface area contributed by atoms with Crippen LogP contribution in [-0.2, 0) is 75.9 Å². The van der Waals surface area contributed by atoms with Gasteiger partial charge in [0.2, 0.25) is 23.7 Å². The third-order valence-electron chi connectivity index (χ3n) is 17.2. The summed E-state index contributed by atoms with van der Waals surface area (Å²) in [6, 6.07) is 21.7. The number of halogens is 6. The number of amides is 3.